The van der Waals surface area contributed by atoms with Crippen molar-refractivity contribution in [2.24, 2.45) is 0 Å². The third-order valence-corrected chi connectivity index (χ3v) is 6.99. The molecule has 0 spiro atoms. The molecular weight excluding hydrogens is 378 g/mol. The van der Waals surface area contributed by atoms with Crippen molar-refractivity contribution < 1.29 is 17.9 Å². The van der Waals surface area contributed by atoms with Crippen molar-refractivity contribution in [2.75, 3.05) is 11.9 Å². The topological polar surface area (TPSA) is 90.3 Å². The van der Waals surface area contributed by atoms with E-state index in [1.165, 1.54) is 6.42 Å². The van der Waals surface area contributed by atoms with Crippen molar-refractivity contribution >= 4 is 21.4 Å². The van der Waals surface area contributed by atoms with Gasteiger partial charge in [0.25, 0.3) is 0 Å². The maximum atomic E-state index is 12.3. The molecule has 1 unspecified atom stereocenters. The molecule has 1 aromatic carbocycles. The lowest BCUT2D eigenvalue weighted by molar-refractivity contribution is -0.115. The smallest absolute Gasteiger partial charge is 0.228 e. The van der Waals surface area contributed by atoms with Gasteiger partial charge >= 0.3 is 0 Å². The summed E-state index contributed by atoms with van der Waals surface area (Å²) in [4.78, 5) is 12.6. The first-order valence-electron chi connectivity index (χ1n) is 9.61. The van der Waals surface area contributed by atoms with Crippen LogP contribution in [-0.4, -0.2) is 42.1 Å². The summed E-state index contributed by atoms with van der Waals surface area (Å²) < 4.78 is 31.8. The van der Waals surface area contributed by atoms with E-state index in [1.807, 2.05) is 0 Å². The number of nitrogens with zero attached hydrogens (tertiary/aromatic N) is 2. The SMILES string of the molecule is CC(C)S(=O)(=O)c1ccc(CC(=O)Nc2cnn(CC3CCCCO3)c2)cc1. The van der Waals surface area contributed by atoms with Crippen molar-refractivity contribution in [3.05, 3.63) is 42.2 Å². The molecule has 7 nitrogen and oxygen atoms in total. The van der Waals surface area contributed by atoms with Crippen LogP contribution < -0.4 is 5.32 Å². The Bertz CT molecular complexity index is 898. The Labute approximate surface area is 166 Å². The van der Waals surface area contributed by atoms with E-state index in [0.29, 0.717) is 12.2 Å². The number of amides is 1. The molecule has 1 fully saturated rings. The van der Waals surface area contributed by atoms with Crippen LogP contribution in [0.3, 0.4) is 0 Å². The molecule has 152 valence electrons. The van der Waals surface area contributed by atoms with Crippen molar-refractivity contribution in [3.63, 3.8) is 0 Å². The van der Waals surface area contributed by atoms with Crippen LogP contribution in [0.25, 0.3) is 0 Å². The van der Waals surface area contributed by atoms with E-state index in [1.54, 1.807) is 55.2 Å². The third-order valence-electron chi connectivity index (χ3n) is 4.82. The predicted octanol–water partition coefficient (Wildman–Crippen LogP) is 2.82. The minimum atomic E-state index is -3.30. The van der Waals surface area contributed by atoms with Crippen molar-refractivity contribution in [1.29, 1.82) is 0 Å². The van der Waals surface area contributed by atoms with E-state index >= 15 is 0 Å². The van der Waals surface area contributed by atoms with Gasteiger partial charge in [-0.25, -0.2) is 8.42 Å². The number of aromatic nitrogens is 2. The molecule has 1 aliphatic heterocycles. The number of sulfone groups is 1. The lowest BCUT2D eigenvalue weighted by Gasteiger charge is -2.22. The van der Waals surface area contributed by atoms with Gasteiger partial charge < -0.3 is 10.1 Å². The molecule has 0 saturated carbocycles. The molecule has 1 saturated heterocycles. The van der Waals surface area contributed by atoms with Crippen LogP contribution in [0.15, 0.2) is 41.6 Å². The van der Waals surface area contributed by atoms with Crippen LogP contribution in [0.1, 0.15) is 38.7 Å². The minimum Gasteiger partial charge on any atom is -0.376 e. The summed E-state index contributed by atoms with van der Waals surface area (Å²) >= 11 is 0. The second-order valence-corrected chi connectivity index (χ2v) is 9.91. The predicted molar refractivity (Wildman–Crippen MR) is 107 cm³/mol. The molecular formula is C20H27N3O4S. The van der Waals surface area contributed by atoms with Crippen LogP contribution in [0.2, 0.25) is 0 Å². The quantitative estimate of drug-likeness (QED) is 0.765. The molecule has 3 rings (SSSR count). The van der Waals surface area contributed by atoms with Crippen molar-refractivity contribution in [2.45, 2.75) is 62.3 Å². The number of hydrogen-bond acceptors (Lipinski definition) is 5. The van der Waals surface area contributed by atoms with Crippen LogP contribution >= 0.6 is 0 Å². The highest BCUT2D eigenvalue weighted by molar-refractivity contribution is 7.92. The highest BCUT2D eigenvalue weighted by Gasteiger charge is 2.19. The molecule has 1 N–H and O–H groups in total. The fourth-order valence-electron chi connectivity index (χ4n) is 3.15. The monoisotopic (exact) mass is 405 g/mol. The largest absolute Gasteiger partial charge is 0.376 e. The Morgan fingerprint density at radius 3 is 2.68 bits per heavy atom. The van der Waals surface area contributed by atoms with Gasteiger partial charge in [0.05, 0.1) is 41.1 Å². The third kappa shape index (κ3) is 5.20. The van der Waals surface area contributed by atoms with Gasteiger partial charge in [-0.3, -0.25) is 9.48 Å². The number of carbonyl (C=O) groups excluding carboxylic acids is 1. The Hall–Kier alpha value is -2.19. The van der Waals surface area contributed by atoms with Gasteiger partial charge in [0.1, 0.15) is 0 Å². The number of ether oxygens (including phenoxy) is 1. The molecule has 1 aliphatic rings. The number of nitrogens with one attached hydrogen (secondary N) is 1. The first-order chi connectivity index (χ1) is 13.3. The average molecular weight is 406 g/mol. The van der Waals surface area contributed by atoms with E-state index < -0.39 is 15.1 Å². The van der Waals surface area contributed by atoms with E-state index in [-0.39, 0.29) is 23.3 Å². The summed E-state index contributed by atoms with van der Waals surface area (Å²) in [6.45, 7) is 4.78. The number of anilines is 1. The summed E-state index contributed by atoms with van der Waals surface area (Å²) in [6, 6.07) is 6.47. The summed E-state index contributed by atoms with van der Waals surface area (Å²) in [7, 11) is -3.30. The zero-order chi connectivity index (χ0) is 20.1. The number of rotatable bonds is 7. The van der Waals surface area contributed by atoms with Crippen LogP contribution in [0, 0.1) is 0 Å². The summed E-state index contributed by atoms with van der Waals surface area (Å²) in [5.41, 5.74) is 1.39. The summed E-state index contributed by atoms with van der Waals surface area (Å²) in [5, 5.41) is 6.64. The number of hydrogen-bond donors (Lipinski definition) is 1. The lowest BCUT2D eigenvalue weighted by atomic mass is 10.1. The van der Waals surface area contributed by atoms with Gasteiger partial charge in [-0.1, -0.05) is 12.1 Å². The summed E-state index contributed by atoms with van der Waals surface area (Å²) in [5.74, 6) is -0.173. The average Bonchev–Trinajstić information content (AvgIpc) is 3.09. The fourth-order valence-corrected chi connectivity index (χ4v) is 4.21. The number of benzene rings is 1. The van der Waals surface area contributed by atoms with E-state index in [9.17, 15) is 13.2 Å². The highest BCUT2D eigenvalue weighted by atomic mass is 32.2. The maximum absolute atomic E-state index is 12.3. The molecule has 1 amide bonds. The second-order valence-electron chi connectivity index (χ2n) is 7.40. The van der Waals surface area contributed by atoms with Crippen LogP contribution in [0.5, 0.6) is 0 Å². The molecule has 0 radical (unpaired) electrons. The Kier molecular flexibility index (Phi) is 6.51. The molecule has 0 bridgehead atoms. The Morgan fingerprint density at radius 2 is 2.04 bits per heavy atom. The number of carbonyl (C=O) groups is 1. The molecule has 2 heterocycles. The fraction of sp³-hybridized carbons (Fsp3) is 0.500. The zero-order valence-electron chi connectivity index (χ0n) is 16.3. The van der Waals surface area contributed by atoms with E-state index in [2.05, 4.69) is 10.4 Å². The Balaban J connectivity index is 1.54. The van der Waals surface area contributed by atoms with E-state index in [4.69, 9.17) is 4.74 Å². The first-order valence-corrected chi connectivity index (χ1v) is 11.2. The molecule has 28 heavy (non-hydrogen) atoms. The van der Waals surface area contributed by atoms with Gasteiger partial charge in [-0.15, -0.1) is 0 Å². The first kappa shape index (κ1) is 20.5. The Morgan fingerprint density at radius 1 is 1.29 bits per heavy atom. The molecule has 1 atom stereocenters. The summed E-state index contributed by atoms with van der Waals surface area (Å²) in [6.07, 6.45) is 7.09. The highest BCUT2D eigenvalue weighted by Crippen LogP contribution is 2.18. The minimum absolute atomic E-state index is 0.166. The standard InChI is InChI=1S/C20H27N3O4S/c1-15(2)28(25,26)19-8-6-16(7-9-19)11-20(24)22-17-12-21-23(13-17)14-18-5-3-4-10-27-18/h6-9,12-13,15,18H,3-5,10-11,14H2,1-2H3,(H,22,24). The zero-order valence-corrected chi connectivity index (χ0v) is 17.1. The lowest BCUT2D eigenvalue weighted by Crippen LogP contribution is -2.24. The van der Waals surface area contributed by atoms with Crippen LogP contribution in [0.4, 0.5) is 5.69 Å². The van der Waals surface area contributed by atoms with Gasteiger partial charge in [-0.05, 0) is 50.8 Å². The van der Waals surface area contributed by atoms with Gasteiger partial charge in [0.15, 0.2) is 9.84 Å². The van der Waals surface area contributed by atoms with Crippen molar-refractivity contribution in [1.82, 2.24) is 9.78 Å². The molecule has 2 aromatic rings. The van der Waals surface area contributed by atoms with Gasteiger partial charge in [0.2, 0.25) is 5.91 Å². The van der Waals surface area contributed by atoms with E-state index in [0.717, 1.165) is 25.0 Å². The van der Waals surface area contributed by atoms with Crippen molar-refractivity contribution in [3.8, 4) is 0 Å². The van der Waals surface area contributed by atoms with Gasteiger partial charge in [0, 0.05) is 12.8 Å². The normalized spacial score (nSPS) is 17.6. The molecule has 0 aliphatic carbocycles. The molecule has 1 aromatic heterocycles. The second kappa shape index (κ2) is 8.87. The molecule has 8 heteroatoms. The van der Waals surface area contributed by atoms with Gasteiger partial charge in [-0.2, -0.15) is 5.10 Å². The van der Waals surface area contributed by atoms with Crippen LogP contribution in [-0.2, 0) is 32.3 Å². The maximum Gasteiger partial charge on any atom is 0.228 e.